The van der Waals surface area contributed by atoms with Crippen LogP contribution in [0.3, 0.4) is 0 Å². The van der Waals surface area contributed by atoms with E-state index in [9.17, 15) is 4.79 Å². The Kier molecular flexibility index (Phi) is 4.42. The first-order valence-corrected chi connectivity index (χ1v) is 6.27. The van der Waals surface area contributed by atoms with Crippen LogP contribution in [0.25, 0.3) is 0 Å². The van der Waals surface area contributed by atoms with Gasteiger partial charge in [0.05, 0.1) is 13.7 Å². The quantitative estimate of drug-likeness (QED) is 0.847. The lowest BCUT2D eigenvalue weighted by Gasteiger charge is -2.08. The van der Waals surface area contributed by atoms with Crippen LogP contribution in [0.1, 0.15) is 27.4 Å². The topological polar surface area (TPSA) is 71.7 Å². The number of ether oxygens (including phenoxy) is 1. The molecule has 5 nitrogen and oxygen atoms in total. The highest BCUT2D eigenvalue weighted by Crippen LogP contribution is 2.18. The minimum absolute atomic E-state index is 0.000841. The lowest BCUT2D eigenvalue weighted by molar-refractivity contribution is 0.0659. The molecule has 0 amide bonds. The molecule has 0 radical (unpaired) electrons. The molecular weight excluding hydrogens is 258 g/mol. The van der Waals surface area contributed by atoms with Crippen molar-refractivity contribution in [3.63, 3.8) is 0 Å². The molecule has 2 aromatic rings. The van der Waals surface area contributed by atoms with Gasteiger partial charge < -0.3 is 19.6 Å². The highest BCUT2D eigenvalue weighted by molar-refractivity contribution is 5.86. The highest BCUT2D eigenvalue weighted by atomic mass is 16.5. The molecule has 0 spiro atoms. The second-order valence-electron chi connectivity index (χ2n) is 4.45. The van der Waals surface area contributed by atoms with Crippen molar-refractivity contribution in [2.75, 3.05) is 7.11 Å². The van der Waals surface area contributed by atoms with E-state index in [1.165, 1.54) is 0 Å². The fourth-order valence-electron chi connectivity index (χ4n) is 2.02. The van der Waals surface area contributed by atoms with Gasteiger partial charge in [-0.25, -0.2) is 4.79 Å². The summed E-state index contributed by atoms with van der Waals surface area (Å²) in [7, 11) is 1.63. The Morgan fingerprint density at radius 3 is 2.75 bits per heavy atom. The van der Waals surface area contributed by atoms with Gasteiger partial charge >= 0.3 is 5.97 Å². The van der Waals surface area contributed by atoms with E-state index in [0.29, 0.717) is 24.4 Å². The summed E-state index contributed by atoms with van der Waals surface area (Å²) < 4.78 is 10.5. The SMILES string of the molecule is COc1ccccc1CNCc1cc(C)c(C(=O)O)o1. The van der Waals surface area contributed by atoms with Crippen molar-refractivity contribution in [3.05, 3.63) is 53.0 Å². The van der Waals surface area contributed by atoms with Gasteiger partial charge in [-0.15, -0.1) is 0 Å². The summed E-state index contributed by atoms with van der Waals surface area (Å²) in [4.78, 5) is 10.9. The number of benzene rings is 1. The van der Waals surface area contributed by atoms with Crippen molar-refractivity contribution in [1.82, 2.24) is 5.32 Å². The van der Waals surface area contributed by atoms with Gasteiger partial charge in [0.1, 0.15) is 11.5 Å². The molecule has 0 fully saturated rings. The molecule has 1 aromatic heterocycles. The Morgan fingerprint density at radius 2 is 2.10 bits per heavy atom. The summed E-state index contributed by atoms with van der Waals surface area (Å²) in [6.07, 6.45) is 0. The maximum Gasteiger partial charge on any atom is 0.372 e. The van der Waals surface area contributed by atoms with Gasteiger partial charge in [0.2, 0.25) is 5.76 Å². The van der Waals surface area contributed by atoms with Gasteiger partial charge in [-0.05, 0) is 19.1 Å². The number of furan rings is 1. The lowest BCUT2D eigenvalue weighted by atomic mass is 10.2. The molecule has 1 aromatic carbocycles. The summed E-state index contributed by atoms with van der Waals surface area (Å²) in [6.45, 7) is 2.80. The van der Waals surface area contributed by atoms with E-state index in [1.807, 2.05) is 24.3 Å². The first-order valence-electron chi connectivity index (χ1n) is 6.27. The monoisotopic (exact) mass is 275 g/mol. The number of para-hydroxylation sites is 1. The average Bonchev–Trinajstić information content (AvgIpc) is 2.80. The third kappa shape index (κ3) is 3.19. The largest absolute Gasteiger partial charge is 0.496 e. The third-order valence-corrected chi connectivity index (χ3v) is 2.97. The van der Waals surface area contributed by atoms with Crippen LogP contribution in [0.5, 0.6) is 5.75 Å². The van der Waals surface area contributed by atoms with E-state index in [1.54, 1.807) is 20.1 Å². The highest BCUT2D eigenvalue weighted by Gasteiger charge is 2.13. The maximum absolute atomic E-state index is 10.9. The van der Waals surface area contributed by atoms with Crippen LogP contribution in [0.2, 0.25) is 0 Å². The first kappa shape index (κ1) is 14.1. The molecule has 20 heavy (non-hydrogen) atoms. The molecular formula is C15H17NO4. The Morgan fingerprint density at radius 1 is 1.35 bits per heavy atom. The van der Waals surface area contributed by atoms with Crippen LogP contribution in [0.15, 0.2) is 34.7 Å². The lowest BCUT2D eigenvalue weighted by Crippen LogP contribution is -2.12. The van der Waals surface area contributed by atoms with Gasteiger partial charge in [-0.2, -0.15) is 0 Å². The molecule has 0 atom stereocenters. The van der Waals surface area contributed by atoms with Crippen molar-refractivity contribution in [1.29, 1.82) is 0 Å². The molecule has 1 heterocycles. The number of aryl methyl sites for hydroxylation is 1. The molecule has 0 aliphatic rings. The Bertz CT molecular complexity index is 604. The van der Waals surface area contributed by atoms with Gasteiger partial charge in [-0.3, -0.25) is 0 Å². The average molecular weight is 275 g/mol. The van der Waals surface area contributed by atoms with Crippen LogP contribution in [-0.4, -0.2) is 18.2 Å². The van der Waals surface area contributed by atoms with Gasteiger partial charge in [0, 0.05) is 17.7 Å². The summed E-state index contributed by atoms with van der Waals surface area (Å²) >= 11 is 0. The number of nitrogens with one attached hydrogen (secondary N) is 1. The fourth-order valence-corrected chi connectivity index (χ4v) is 2.02. The number of carbonyl (C=O) groups is 1. The number of hydrogen-bond donors (Lipinski definition) is 2. The Balaban J connectivity index is 1.96. The van der Waals surface area contributed by atoms with Crippen molar-refractivity contribution in [2.45, 2.75) is 20.0 Å². The number of carboxylic acids is 1. The zero-order valence-corrected chi connectivity index (χ0v) is 11.5. The molecule has 0 bridgehead atoms. The van der Waals surface area contributed by atoms with E-state index in [0.717, 1.165) is 11.3 Å². The Hall–Kier alpha value is -2.27. The summed E-state index contributed by atoms with van der Waals surface area (Å²) in [6, 6.07) is 9.47. The molecule has 0 unspecified atom stereocenters. The van der Waals surface area contributed by atoms with E-state index in [4.69, 9.17) is 14.3 Å². The van der Waals surface area contributed by atoms with Crippen LogP contribution in [0.4, 0.5) is 0 Å². The fraction of sp³-hybridized carbons (Fsp3) is 0.267. The second kappa shape index (κ2) is 6.25. The van der Waals surface area contributed by atoms with Crippen LogP contribution < -0.4 is 10.1 Å². The van der Waals surface area contributed by atoms with Crippen molar-refractivity contribution in [3.8, 4) is 5.75 Å². The zero-order valence-electron chi connectivity index (χ0n) is 11.5. The van der Waals surface area contributed by atoms with E-state index >= 15 is 0 Å². The van der Waals surface area contributed by atoms with Crippen LogP contribution >= 0.6 is 0 Å². The van der Waals surface area contributed by atoms with Gasteiger partial charge in [0.25, 0.3) is 0 Å². The smallest absolute Gasteiger partial charge is 0.372 e. The van der Waals surface area contributed by atoms with Crippen molar-refractivity contribution >= 4 is 5.97 Å². The second-order valence-corrected chi connectivity index (χ2v) is 4.45. The molecule has 106 valence electrons. The molecule has 0 aliphatic carbocycles. The summed E-state index contributed by atoms with van der Waals surface area (Å²) in [5.74, 6) is 0.384. The van der Waals surface area contributed by atoms with E-state index in [-0.39, 0.29) is 5.76 Å². The number of methoxy groups -OCH3 is 1. The van der Waals surface area contributed by atoms with Gasteiger partial charge in [0.15, 0.2) is 0 Å². The first-order chi connectivity index (χ1) is 9.61. The maximum atomic E-state index is 10.9. The predicted molar refractivity (Wildman–Crippen MR) is 73.9 cm³/mol. The minimum Gasteiger partial charge on any atom is -0.496 e. The molecule has 5 heteroatoms. The minimum atomic E-state index is -1.04. The molecule has 2 rings (SSSR count). The number of hydrogen-bond acceptors (Lipinski definition) is 4. The van der Waals surface area contributed by atoms with Crippen molar-refractivity contribution < 1.29 is 19.1 Å². The normalized spacial score (nSPS) is 10.5. The Labute approximate surface area is 117 Å². The molecule has 2 N–H and O–H groups in total. The molecule has 0 saturated heterocycles. The number of rotatable bonds is 6. The molecule has 0 aliphatic heterocycles. The number of carboxylic acid groups (broad SMARTS) is 1. The summed E-state index contributed by atoms with van der Waals surface area (Å²) in [5.41, 5.74) is 1.67. The third-order valence-electron chi connectivity index (χ3n) is 2.97. The number of aromatic carboxylic acids is 1. The van der Waals surface area contributed by atoms with Crippen molar-refractivity contribution in [2.24, 2.45) is 0 Å². The van der Waals surface area contributed by atoms with E-state index < -0.39 is 5.97 Å². The molecule has 0 saturated carbocycles. The van der Waals surface area contributed by atoms with E-state index in [2.05, 4.69) is 5.32 Å². The van der Waals surface area contributed by atoms with Gasteiger partial charge in [-0.1, -0.05) is 18.2 Å². The van der Waals surface area contributed by atoms with Crippen LogP contribution in [-0.2, 0) is 13.1 Å². The zero-order chi connectivity index (χ0) is 14.5. The predicted octanol–water partition coefficient (Wildman–Crippen LogP) is 2.58. The standard InChI is InChI=1S/C15H17NO4/c1-10-7-12(20-14(10)15(17)18)9-16-8-11-5-3-4-6-13(11)19-2/h3-7,16H,8-9H2,1-2H3,(H,17,18). The summed E-state index contributed by atoms with van der Waals surface area (Å²) in [5, 5.41) is 12.1. The van der Waals surface area contributed by atoms with Crippen LogP contribution in [0, 0.1) is 6.92 Å².